The van der Waals surface area contributed by atoms with Crippen LogP contribution in [0.2, 0.25) is 0 Å². The highest BCUT2D eigenvalue weighted by molar-refractivity contribution is 7.09. The summed E-state index contributed by atoms with van der Waals surface area (Å²) >= 11 is 1.18. The first-order chi connectivity index (χ1) is 7.99. The van der Waals surface area contributed by atoms with Crippen molar-refractivity contribution in [3.8, 4) is 0 Å². The highest BCUT2D eigenvalue weighted by Gasteiger charge is 2.12. The van der Waals surface area contributed by atoms with Crippen LogP contribution in [0.4, 0.5) is 0 Å². The molecule has 90 valence electrons. The van der Waals surface area contributed by atoms with Crippen LogP contribution in [-0.4, -0.2) is 15.6 Å². The molecule has 2 heterocycles. The molecular formula is C11H11NO4S. The lowest BCUT2D eigenvalue weighted by Gasteiger charge is -2.01. The van der Waals surface area contributed by atoms with Crippen LogP contribution in [-0.2, 0) is 6.54 Å². The molecule has 2 aromatic rings. The molecule has 0 aliphatic rings. The van der Waals surface area contributed by atoms with Crippen LogP contribution in [0.1, 0.15) is 26.9 Å². The van der Waals surface area contributed by atoms with E-state index in [9.17, 15) is 9.59 Å². The predicted molar refractivity (Wildman–Crippen MR) is 62.8 cm³/mol. The summed E-state index contributed by atoms with van der Waals surface area (Å²) in [4.78, 5) is 23.2. The molecular weight excluding hydrogens is 242 g/mol. The SMILES string of the molecule is Cc1sc(=O)n(Cc2ccc(C(=O)O)o2)c1C. The summed E-state index contributed by atoms with van der Waals surface area (Å²) in [6.07, 6.45) is 0. The molecule has 0 radical (unpaired) electrons. The highest BCUT2D eigenvalue weighted by atomic mass is 32.1. The van der Waals surface area contributed by atoms with Gasteiger partial charge in [0.05, 0.1) is 6.54 Å². The fraction of sp³-hybridized carbons (Fsp3) is 0.273. The minimum Gasteiger partial charge on any atom is -0.475 e. The second kappa shape index (κ2) is 4.21. The molecule has 17 heavy (non-hydrogen) atoms. The molecule has 5 nitrogen and oxygen atoms in total. The van der Waals surface area contributed by atoms with Crippen molar-refractivity contribution in [1.29, 1.82) is 0 Å². The van der Waals surface area contributed by atoms with Crippen molar-refractivity contribution < 1.29 is 14.3 Å². The van der Waals surface area contributed by atoms with E-state index in [0.717, 1.165) is 10.6 Å². The quantitative estimate of drug-likeness (QED) is 0.906. The molecule has 6 heteroatoms. The number of furan rings is 1. The van der Waals surface area contributed by atoms with Crippen molar-refractivity contribution in [2.24, 2.45) is 0 Å². The maximum absolute atomic E-state index is 11.6. The van der Waals surface area contributed by atoms with Crippen LogP contribution in [0.25, 0.3) is 0 Å². The van der Waals surface area contributed by atoms with Gasteiger partial charge in [-0.1, -0.05) is 11.3 Å². The third-order valence-corrected chi connectivity index (χ3v) is 3.56. The Morgan fingerprint density at radius 3 is 2.65 bits per heavy atom. The average molecular weight is 253 g/mol. The first-order valence-electron chi connectivity index (χ1n) is 4.98. The maximum Gasteiger partial charge on any atom is 0.371 e. The summed E-state index contributed by atoms with van der Waals surface area (Å²) in [7, 11) is 0. The minimum atomic E-state index is -1.11. The van der Waals surface area contributed by atoms with Gasteiger partial charge in [0.15, 0.2) is 0 Å². The molecule has 0 amide bonds. The zero-order chi connectivity index (χ0) is 12.6. The number of carbonyl (C=O) groups is 1. The fourth-order valence-corrected chi connectivity index (χ4v) is 2.34. The van der Waals surface area contributed by atoms with E-state index in [0.29, 0.717) is 5.76 Å². The molecule has 0 aromatic carbocycles. The first kappa shape index (κ1) is 11.7. The minimum absolute atomic E-state index is 0.0618. The van der Waals surface area contributed by atoms with Gasteiger partial charge in [-0.3, -0.25) is 9.36 Å². The predicted octanol–water partition coefficient (Wildman–Crippen LogP) is 1.87. The molecule has 0 unspecified atom stereocenters. The van der Waals surface area contributed by atoms with Gasteiger partial charge in [-0.15, -0.1) is 0 Å². The molecule has 0 bridgehead atoms. The van der Waals surface area contributed by atoms with E-state index in [4.69, 9.17) is 9.52 Å². The number of aryl methyl sites for hydroxylation is 1. The van der Waals surface area contributed by atoms with E-state index in [1.54, 1.807) is 10.6 Å². The van der Waals surface area contributed by atoms with Crippen LogP contribution in [0.5, 0.6) is 0 Å². The number of carboxylic acids is 1. The third-order valence-electron chi connectivity index (χ3n) is 2.56. The van der Waals surface area contributed by atoms with Crippen molar-refractivity contribution in [2.45, 2.75) is 20.4 Å². The largest absolute Gasteiger partial charge is 0.475 e. The summed E-state index contributed by atoms with van der Waals surface area (Å²) in [5.41, 5.74) is 0.883. The van der Waals surface area contributed by atoms with E-state index >= 15 is 0 Å². The van der Waals surface area contributed by atoms with Crippen LogP contribution < -0.4 is 4.87 Å². The van der Waals surface area contributed by atoms with Gasteiger partial charge < -0.3 is 9.52 Å². The summed E-state index contributed by atoms with van der Waals surface area (Å²) in [5, 5.41) is 8.72. The Labute approximate surface area is 101 Å². The number of carboxylic acid groups (broad SMARTS) is 1. The van der Waals surface area contributed by atoms with Crippen LogP contribution in [0.3, 0.4) is 0 Å². The summed E-state index contributed by atoms with van der Waals surface area (Å²) in [6, 6.07) is 2.96. The molecule has 0 saturated carbocycles. The van der Waals surface area contributed by atoms with Gasteiger partial charge in [-0.2, -0.15) is 0 Å². The molecule has 0 aliphatic heterocycles. The zero-order valence-corrected chi connectivity index (χ0v) is 10.2. The van der Waals surface area contributed by atoms with Gasteiger partial charge in [-0.25, -0.2) is 4.79 Å². The van der Waals surface area contributed by atoms with Crippen molar-refractivity contribution in [3.05, 3.63) is 43.9 Å². The smallest absolute Gasteiger partial charge is 0.371 e. The van der Waals surface area contributed by atoms with Crippen molar-refractivity contribution >= 4 is 17.3 Å². The third kappa shape index (κ3) is 2.16. The van der Waals surface area contributed by atoms with Crippen molar-refractivity contribution in [2.75, 3.05) is 0 Å². The second-order valence-corrected chi connectivity index (χ2v) is 4.83. The fourth-order valence-electron chi connectivity index (χ4n) is 1.50. The standard InChI is InChI=1S/C11H11NO4S/c1-6-7(2)17-11(15)12(6)5-8-3-4-9(16-8)10(13)14/h3-4H,5H2,1-2H3,(H,13,14). The highest BCUT2D eigenvalue weighted by Crippen LogP contribution is 2.14. The zero-order valence-electron chi connectivity index (χ0n) is 9.39. The molecule has 0 fully saturated rings. The van der Waals surface area contributed by atoms with E-state index in [1.165, 1.54) is 17.4 Å². The Hall–Kier alpha value is -1.82. The Morgan fingerprint density at radius 1 is 1.47 bits per heavy atom. The number of thiazole rings is 1. The summed E-state index contributed by atoms with van der Waals surface area (Å²) in [5.74, 6) is -0.759. The van der Waals surface area contributed by atoms with E-state index < -0.39 is 5.97 Å². The molecule has 0 saturated heterocycles. The van der Waals surface area contributed by atoms with Crippen molar-refractivity contribution in [3.63, 3.8) is 0 Å². The molecule has 2 aromatic heterocycles. The van der Waals surface area contributed by atoms with Gasteiger partial charge in [-0.05, 0) is 26.0 Å². The Kier molecular flexibility index (Phi) is 2.89. The summed E-state index contributed by atoms with van der Waals surface area (Å²) < 4.78 is 6.69. The van der Waals surface area contributed by atoms with Gasteiger partial charge in [0.25, 0.3) is 0 Å². The second-order valence-electron chi connectivity index (χ2n) is 3.67. The van der Waals surface area contributed by atoms with E-state index in [2.05, 4.69) is 0 Å². The van der Waals surface area contributed by atoms with Gasteiger partial charge in [0, 0.05) is 10.6 Å². The van der Waals surface area contributed by atoms with Crippen LogP contribution in [0, 0.1) is 13.8 Å². The van der Waals surface area contributed by atoms with E-state index in [-0.39, 0.29) is 17.2 Å². The van der Waals surface area contributed by atoms with Gasteiger partial charge in [0.1, 0.15) is 5.76 Å². The maximum atomic E-state index is 11.6. The first-order valence-corrected chi connectivity index (χ1v) is 5.79. The lowest BCUT2D eigenvalue weighted by molar-refractivity contribution is 0.0660. The topological polar surface area (TPSA) is 72.4 Å². The normalized spacial score (nSPS) is 10.7. The number of nitrogens with zero attached hydrogens (tertiary/aromatic N) is 1. The summed E-state index contributed by atoms with van der Waals surface area (Å²) in [6.45, 7) is 4.00. The number of rotatable bonds is 3. The number of hydrogen-bond acceptors (Lipinski definition) is 4. The molecule has 0 aliphatic carbocycles. The lowest BCUT2D eigenvalue weighted by Crippen LogP contribution is -2.14. The molecule has 1 N–H and O–H groups in total. The van der Waals surface area contributed by atoms with Crippen molar-refractivity contribution in [1.82, 2.24) is 4.57 Å². The Balaban J connectivity index is 2.31. The average Bonchev–Trinajstić information content (AvgIpc) is 2.80. The number of aromatic nitrogens is 1. The molecule has 0 atom stereocenters. The Morgan fingerprint density at radius 2 is 2.18 bits per heavy atom. The number of hydrogen-bond donors (Lipinski definition) is 1. The van der Waals surface area contributed by atoms with Gasteiger partial charge >= 0.3 is 10.8 Å². The lowest BCUT2D eigenvalue weighted by atomic mass is 10.4. The van der Waals surface area contributed by atoms with E-state index in [1.807, 2.05) is 13.8 Å². The molecule has 2 rings (SSSR count). The van der Waals surface area contributed by atoms with Crippen LogP contribution >= 0.6 is 11.3 Å². The number of aromatic carboxylic acids is 1. The van der Waals surface area contributed by atoms with Crippen LogP contribution in [0.15, 0.2) is 21.3 Å². The van der Waals surface area contributed by atoms with Gasteiger partial charge in [0.2, 0.25) is 5.76 Å². The molecule has 0 spiro atoms. The monoisotopic (exact) mass is 253 g/mol. The Bertz CT molecular complexity index is 620.